The van der Waals surface area contributed by atoms with E-state index in [-0.39, 0.29) is 5.56 Å². The predicted molar refractivity (Wildman–Crippen MR) is 63.6 cm³/mol. The quantitative estimate of drug-likeness (QED) is 0.854. The first-order valence-corrected chi connectivity index (χ1v) is 5.92. The van der Waals surface area contributed by atoms with Gasteiger partial charge in [0, 0.05) is 18.5 Å². The van der Waals surface area contributed by atoms with Gasteiger partial charge in [0.05, 0.1) is 17.9 Å². The van der Waals surface area contributed by atoms with E-state index in [9.17, 15) is 4.79 Å². The molecule has 1 N–H and O–H groups in total. The summed E-state index contributed by atoms with van der Waals surface area (Å²) in [5, 5.41) is 3.14. The van der Waals surface area contributed by atoms with Crippen molar-refractivity contribution >= 4 is 0 Å². The molecule has 1 aliphatic rings. The predicted octanol–water partition coefficient (Wildman–Crippen LogP) is 1.75. The van der Waals surface area contributed by atoms with Crippen LogP contribution in [-0.2, 0) is 0 Å². The first-order chi connectivity index (χ1) is 8.34. The van der Waals surface area contributed by atoms with E-state index < -0.39 is 0 Å². The van der Waals surface area contributed by atoms with E-state index in [1.807, 2.05) is 0 Å². The Hall–Kier alpha value is -1.91. The van der Waals surface area contributed by atoms with Crippen molar-refractivity contribution < 1.29 is 0 Å². The van der Waals surface area contributed by atoms with Gasteiger partial charge in [-0.05, 0) is 12.8 Å². The lowest BCUT2D eigenvalue weighted by Crippen LogP contribution is -2.19. The average molecular weight is 230 g/mol. The number of rotatable bonds is 2. The molecule has 2 aromatic heterocycles. The van der Waals surface area contributed by atoms with Gasteiger partial charge in [-0.2, -0.15) is 0 Å². The van der Waals surface area contributed by atoms with Crippen molar-refractivity contribution in [1.82, 2.24) is 19.7 Å². The fourth-order valence-electron chi connectivity index (χ4n) is 2.41. The number of aromatic nitrogens is 4. The van der Waals surface area contributed by atoms with E-state index in [0.29, 0.717) is 11.7 Å². The maximum absolute atomic E-state index is 11.9. The molecule has 1 aliphatic carbocycles. The van der Waals surface area contributed by atoms with E-state index >= 15 is 0 Å². The molecule has 0 unspecified atom stereocenters. The molecule has 0 saturated heterocycles. The highest BCUT2D eigenvalue weighted by atomic mass is 16.1. The van der Waals surface area contributed by atoms with Crippen molar-refractivity contribution in [3.05, 3.63) is 35.0 Å². The van der Waals surface area contributed by atoms with E-state index in [4.69, 9.17) is 0 Å². The maximum Gasteiger partial charge on any atom is 0.267 e. The molecule has 0 amide bonds. The fraction of sp³-hybridized carbons (Fsp3) is 0.417. The van der Waals surface area contributed by atoms with Crippen molar-refractivity contribution in [1.29, 1.82) is 0 Å². The van der Waals surface area contributed by atoms with Gasteiger partial charge in [0.2, 0.25) is 0 Å². The van der Waals surface area contributed by atoms with Crippen molar-refractivity contribution in [3.63, 3.8) is 0 Å². The SMILES string of the molecule is O=c1cc(-c2cnccn2)[nH]n1C1CCCC1. The van der Waals surface area contributed by atoms with Crippen LogP contribution >= 0.6 is 0 Å². The van der Waals surface area contributed by atoms with E-state index in [0.717, 1.165) is 18.5 Å². The summed E-state index contributed by atoms with van der Waals surface area (Å²) in [6, 6.07) is 1.93. The molecule has 88 valence electrons. The monoisotopic (exact) mass is 230 g/mol. The maximum atomic E-state index is 11.9. The number of hydrogen-bond donors (Lipinski definition) is 1. The molecule has 2 heterocycles. The van der Waals surface area contributed by atoms with E-state index in [1.54, 1.807) is 29.3 Å². The third-order valence-electron chi connectivity index (χ3n) is 3.28. The van der Waals surface area contributed by atoms with E-state index in [2.05, 4.69) is 15.1 Å². The Bertz CT molecular complexity index is 551. The van der Waals surface area contributed by atoms with Gasteiger partial charge in [-0.3, -0.25) is 19.9 Å². The summed E-state index contributed by atoms with van der Waals surface area (Å²) in [5.41, 5.74) is 1.48. The highest BCUT2D eigenvalue weighted by molar-refractivity contribution is 5.51. The highest BCUT2D eigenvalue weighted by Gasteiger charge is 2.19. The average Bonchev–Trinajstić information content (AvgIpc) is 2.99. The fourth-order valence-corrected chi connectivity index (χ4v) is 2.41. The van der Waals surface area contributed by atoms with Gasteiger partial charge in [0.1, 0.15) is 5.69 Å². The lowest BCUT2D eigenvalue weighted by molar-refractivity contribution is 0.455. The molecule has 0 bridgehead atoms. The summed E-state index contributed by atoms with van der Waals surface area (Å²) < 4.78 is 1.73. The Morgan fingerprint density at radius 2 is 2.12 bits per heavy atom. The molecule has 0 radical (unpaired) electrons. The molecule has 2 aromatic rings. The minimum Gasteiger partial charge on any atom is -0.293 e. The second-order valence-electron chi connectivity index (χ2n) is 4.41. The Balaban J connectivity index is 1.98. The molecule has 3 rings (SSSR count). The third kappa shape index (κ3) is 1.88. The molecule has 0 atom stereocenters. The molecule has 5 heteroatoms. The second-order valence-corrected chi connectivity index (χ2v) is 4.41. The van der Waals surface area contributed by atoms with Gasteiger partial charge in [0.15, 0.2) is 0 Å². The minimum atomic E-state index is 0.0255. The van der Waals surface area contributed by atoms with E-state index in [1.165, 1.54) is 12.8 Å². The molecule has 0 spiro atoms. The van der Waals surface area contributed by atoms with Crippen LogP contribution in [0.1, 0.15) is 31.7 Å². The Labute approximate surface area is 98.5 Å². The van der Waals surface area contributed by atoms with Crippen LogP contribution in [0.4, 0.5) is 0 Å². The molecule has 0 aliphatic heterocycles. The zero-order valence-electron chi connectivity index (χ0n) is 9.47. The van der Waals surface area contributed by atoms with Crippen molar-refractivity contribution in [2.75, 3.05) is 0 Å². The number of nitrogens with one attached hydrogen (secondary N) is 1. The molecular weight excluding hydrogens is 216 g/mol. The molecule has 5 nitrogen and oxygen atoms in total. The third-order valence-corrected chi connectivity index (χ3v) is 3.28. The number of aromatic amines is 1. The van der Waals surface area contributed by atoms with Gasteiger partial charge in [-0.25, -0.2) is 4.68 Å². The van der Waals surface area contributed by atoms with Crippen LogP contribution in [-0.4, -0.2) is 19.7 Å². The van der Waals surface area contributed by atoms with Crippen molar-refractivity contribution in [3.8, 4) is 11.4 Å². The zero-order chi connectivity index (χ0) is 11.7. The first kappa shape index (κ1) is 10.3. The Morgan fingerprint density at radius 3 is 2.82 bits per heavy atom. The first-order valence-electron chi connectivity index (χ1n) is 5.92. The lowest BCUT2D eigenvalue weighted by atomic mass is 10.3. The normalized spacial score (nSPS) is 16.5. The summed E-state index contributed by atoms with van der Waals surface area (Å²) >= 11 is 0. The van der Waals surface area contributed by atoms with Crippen LogP contribution in [0.3, 0.4) is 0 Å². The summed E-state index contributed by atoms with van der Waals surface area (Å²) in [7, 11) is 0. The van der Waals surface area contributed by atoms with Gasteiger partial charge >= 0.3 is 0 Å². The summed E-state index contributed by atoms with van der Waals surface area (Å²) in [6.07, 6.45) is 9.48. The number of nitrogens with zero attached hydrogens (tertiary/aromatic N) is 3. The number of H-pyrrole nitrogens is 1. The summed E-state index contributed by atoms with van der Waals surface area (Å²) in [4.78, 5) is 20.1. The lowest BCUT2D eigenvalue weighted by Gasteiger charge is -2.09. The minimum absolute atomic E-state index is 0.0255. The largest absolute Gasteiger partial charge is 0.293 e. The molecule has 0 aromatic carbocycles. The van der Waals surface area contributed by atoms with Crippen LogP contribution in [0.2, 0.25) is 0 Å². The topological polar surface area (TPSA) is 63.6 Å². The standard InChI is InChI=1S/C12H14N4O/c17-12-7-10(11-8-13-5-6-14-11)15-16(12)9-3-1-2-4-9/h5-9,15H,1-4H2. The molecule has 1 saturated carbocycles. The van der Waals surface area contributed by atoms with Gasteiger partial charge in [0.25, 0.3) is 5.56 Å². The van der Waals surface area contributed by atoms with Crippen LogP contribution in [0.15, 0.2) is 29.5 Å². The van der Waals surface area contributed by atoms with Gasteiger partial charge < -0.3 is 0 Å². The summed E-state index contributed by atoms with van der Waals surface area (Å²) in [5.74, 6) is 0. The molecule has 1 fully saturated rings. The summed E-state index contributed by atoms with van der Waals surface area (Å²) in [6.45, 7) is 0. The second kappa shape index (κ2) is 4.16. The van der Waals surface area contributed by atoms with Gasteiger partial charge in [-0.15, -0.1) is 0 Å². The van der Waals surface area contributed by atoms with Crippen LogP contribution in [0.5, 0.6) is 0 Å². The smallest absolute Gasteiger partial charge is 0.267 e. The zero-order valence-corrected chi connectivity index (χ0v) is 9.47. The van der Waals surface area contributed by atoms with Crippen LogP contribution in [0, 0.1) is 0 Å². The Morgan fingerprint density at radius 1 is 1.29 bits per heavy atom. The van der Waals surface area contributed by atoms with Crippen LogP contribution in [0.25, 0.3) is 11.4 Å². The Kier molecular flexibility index (Phi) is 2.51. The van der Waals surface area contributed by atoms with Crippen LogP contribution < -0.4 is 5.56 Å². The molecule has 17 heavy (non-hydrogen) atoms. The van der Waals surface area contributed by atoms with Crippen molar-refractivity contribution in [2.24, 2.45) is 0 Å². The van der Waals surface area contributed by atoms with Crippen molar-refractivity contribution in [2.45, 2.75) is 31.7 Å². The number of hydrogen-bond acceptors (Lipinski definition) is 3. The highest BCUT2D eigenvalue weighted by Crippen LogP contribution is 2.28. The van der Waals surface area contributed by atoms with Gasteiger partial charge in [-0.1, -0.05) is 12.8 Å². The molecular formula is C12H14N4O.